The van der Waals surface area contributed by atoms with Gasteiger partial charge in [0.15, 0.2) is 23.0 Å². The van der Waals surface area contributed by atoms with Gasteiger partial charge in [0.25, 0.3) is 5.91 Å². The van der Waals surface area contributed by atoms with Crippen LogP contribution in [0.2, 0.25) is 0 Å². The molecule has 0 bridgehead atoms. The van der Waals surface area contributed by atoms with Gasteiger partial charge in [0.05, 0.1) is 23.5 Å². The Bertz CT molecular complexity index is 1390. The number of nitrogens with zero attached hydrogens (tertiary/aromatic N) is 1. The Morgan fingerprint density at radius 2 is 1.81 bits per heavy atom. The molecular weight excluding hydrogens is 611 g/mol. The van der Waals surface area contributed by atoms with Crippen LogP contribution in [0.3, 0.4) is 0 Å². The molecule has 3 rings (SSSR count). The molecule has 0 spiro atoms. The van der Waals surface area contributed by atoms with E-state index >= 15 is 0 Å². The number of nitrogens with one attached hydrogen (secondary N) is 1. The maximum atomic E-state index is 12.7. The van der Waals surface area contributed by atoms with E-state index in [0.717, 1.165) is 0 Å². The van der Waals surface area contributed by atoms with E-state index in [9.17, 15) is 13.2 Å². The smallest absolute Gasteiger partial charge is 0.339 e. The summed E-state index contributed by atoms with van der Waals surface area (Å²) in [6.07, 6.45) is 3.02. The zero-order valence-electron chi connectivity index (χ0n) is 20.1. The van der Waals surface area contributed by atoms with Gasteiger partial charge in [0, 0.05) is 5.56 Å². The SMILES string of the molecule is C=CCOc1ccc(C(=O)N/N=C/c2cc(I)c(OS(=O)(=O)c3ccccc3)c(OC)c2)cc1OCC. The molecule has 37 heavy (non-hydrogen) atoms. The molecule has 0 aliphatic rings. The lowest BCUT2D eigenvalue weighted by Gasteiger charge is -2.13. The summed E-state index contributed by atoms with van der Waals surface area (Å²) in [7, 11) is -2.66. The molecule has 0 heterocycles. The number of rotatable bonds is 12. The van der Waals surface area contributed by atoms with Crippen molar-refractivity contribution < 1.29 is 31.6 Å². The van der Waals surface area contributed by atoms with E-state index in [1.807, 2.05) is 29.5 Å². The molecule has 0 atom stereocenters. The van der Waals surface area contributed by atoms with Crippen LogP contribution in [0.25, 0.3) is 0 Å². The number of halogens is 1. The number of ether oxygens (including phenoxy) is 3. The molecule has 194 valence electrons. The summed E-state index contributed by atoms with van der Waals surface area (Å²) in [5.41, 5.74) is 3.34. The van der Waals surface area contributed by atoms with Gasteiger partial charge in [0.1, 0.15) is 11.5 Å². The van der Waals surface area contributed by atoms with Gasteiger partial charge in [-0.05, 0) is 77.5 Å². The van der Waals surface area contributed by atoms with Crippen LogP contribution in [0.1, 0.15) is 22.8 Å². The Morgan fingerprint density at radius 3 is 2.49 bits per heavy atom. The molecule has 1 amide bonds. The highest BCUT2D eigenvalue weighted by Gasteiger charge is 2.21. The minimum Gasteiger partial charge on any atom is -0.493 e. The second-order valence-corrected chi connectivity index (χ2v) is 9.99. The fraction of sp³-hybridized carbons (Fsp3) is 0.154. The van der Waals surface area contributed by atoms with E-state index < -0.39 is 16.0 Å². The molecule has 9 nitrogen and oxygen atoms in total. The summed E-state index contributed by atoms with van der Waals surface area (Å²) in [6, 6.07) is 15.8. The van der Waals surface area contributed by atoms with Gasteiger partial charge in [0.2, 0.25) is 0 Å². The van der Waals surface area contributed by atoms with Crippen LogP contribution in [0, 0.1) is 3.57 Å². The molecule has 0 radical (unpaired) electrons. The fourth-order valence-electron chi connectivity index (χ4n) is 3.06. The van der Waals surface area contributed by atoms with Gasteiger partial charge >= 0.3 is 10.1 Å². The second-order valence-electron chi connectivity index (χ2n) is 7.28. The van der Waals surface area contributed by atoms with Crippen LogP contribution < -0.4 is 23.8 Å². The number of methoxy groups -OCH3 is 1. The quantitative estimate of drug-likeness (QED) is 0.100. The van der Waals surface area contributed by atoms with Gasteiger partial charge in [-0.15, -0.1) is 0 Å². The van der Waals surface area contributed by atoms with E-state index in [-0.39, 0.29) is 16.4 Å². The first-order chi connectivity index (χ1) is 17.8. The van der Waals surface area contributed by atoms with Crippen LogP contribution in [0.5, 0.6) is 23.0 Å². The zero-order chi connectivity index (χ0) is 26.8. The Morgan fingerprint density at radius 1 is 1.05 bits per heavy atom. The molecule has 0 saturated carbocycles. The summed E-state index contributed by atoms with van der Waals surface area (Å²) in [5.74, 6) is 0.718. The first-order valence-corrected chi connectivity index (χ1v) is 13.5. The molecule has 0 aliphatic heterocycles. The maximum absolute atomic E-state index is 12.7. The van der Waals surface area contributed by atoms with Gasteiger partial charge in [-0.2, -0.15) is 13.5 Å². The minimum atomic E-state index is -4.06. The highest BCUT2D eigenvalue weighted by Crippen LogP contribution is 2.35. The molecule has 0 unspecified atom stereocenters. The topological polar surface area (TPSA) is 113 Å². The third kappa shape index (κ3) is 7.46. The number of amides is 1. The van der Waals surface area contributed by atoms with Crippen molar-refractivity contribution in [2.75, 3.05) is 20.3 Å². The summed E-state index contributed by atoms with van der Waals surface area (Å²) in [5, 5.41) is 4.01. The monoisotopic (exact) mass is 636 g/mol. The van der Waals surface area contributed by atoms with Crippen LogP contribution in [-0.4, -0.2) is 40.9 Å². The molecule has 0 saturated heterocycles. The highest BCUT2D eigenvalue weighted by molar-refractivity contribution is 14.1. The lowest BCUT2D eigenvalue weighted by Crippen LogP contribution is -2.18. The van der Waals surface area contributed by atoms with Crippen molar-refractivity contribution in [2.45, 2.75) is 11.8 Å². The summed E-state index contributed by atoms with van der Waals surface area (Å²) >= 11 is 1.94. The molecule has 0 aliphatic carbocycles. The van der Waals surface area contributed by atoms with Crippen molar-refractivity contribution in [1.82, 2.24) is 5.43 Å². The standard InChI is InChI=1S/C26H25IN2O7S/c1-4-13-35-22-12-11-19(16-23(22)34-5-2)26(30)29-28-17-18-14-21(27)25(24(15-18)33-3)36-37(31,32)20-9-7-6-8-10-20/h4,6-12,14-17H,1,5,13H2,2-3H3,(H,29,30)/b28-17+. The second kappa shape index (κ2) is 13.1. The number of carbonyl (C=O) groups excluding carboxylic acids is 1. The number of carbonyl (C=O) groups is 1. The van der Waals surface area contributed by atoms with Gasteiger partial charge in [-0.3, -0.25) is 4.79 Å². The van der Waals surface area contributed by atoms with Crippen LogP contribution in [0.4, 0.5) is 0 Å². The van der Waals surface area contributed by atoms with E-state index in [0.29, 0.717) is 39.4 Å². The Balaban J connectivity index is 1.75. The Hall–Kier alpha value is -3.58. The number of hydrogen-bond acceptors (Lipinski definition) is 8. The average molecular weight is 636 g/mol. The first-order valence-electron chi connectivity index (χ1n) is 11.0. The van der Waals surface area contributed by atoms with Crippen molar-refractivity contribution in [3.05, 3.63) is 88.0 Å². The van der Waals surface area contributed by atoms with E-state index in [2.05, 4.69) is 17.1 Å². The predicted molar refractivity (Wildman–Crippen MR) is 148 cm³/mol. The van der Waals surface area contributed by atoms with E-state index in [1.165, 1.54) is 25.5 Å². The van der Waals surface area contributed by atoms with Crippen molar-refractivity contribution in [3.8, 4) is 23.0 Å². The Labute approximate surface area is 229 Å². The average Bonchev–Trinajstić information content (AvgIpc) is 2.89. The number of hydrogen-bond donors (Lipinski definition) is 1. The van der Waals surface area contributed by atoms with Gasteiger partial charge in [-0.1, -0.05) is 30.9 Å². The summed E-state index contributed by atoms with van der Waals surface area (Å²) < 4.78 is 47.6. The van der Waals surface area contributed by atoms with E-state index in [4.69, 9.17) is 18.4 Å². The van der Waals surface area contributed by atoms with Gasteiger partial charge in [-0.25, -0.2) is 5.43 Å². The molecule has 1 N–H and O–H groups in total. The molecule has 3 aromatic rings. The molecule has 0 fully saturated rings. The van der Waals surface area contributed by atoms with Crippen molar-refractivity contribution in [2.24, 2.45) is 5.10 Å². The van der Waals surface area contributed by atoms with Crippen LogP contribution in [-0.2, 0) is 10.1 Å². The lowest BCUT2D eigenvalue weighted by molar-refractivity contribution is 0.0954. The minimum absolute atomic E-state index is 0.0222. The Kier molecular flexibility index (Phi) is 9.92. The maximum Gasteiger partial charge on any atom is 0.339 e. The number of benzene rings is 3. The van der Waals surface area contributed by atoms with Crippen LogP contribution >= 0.6 is 22.6 Å². The van der Waals surface area contributed by atoms with Crippen molar-refractivity contribution >= 4 is 44.8 Å². The normalized spacial score (nSPS) is 11.1. The van der Waals surface area contributed by atoms with Crippen molar-refractivity contribution in [3.63, 3.8) is 0 Å². The van der Waals surface area contributed by atoms with Gasteiger partial charge < -0.3 is 18.4 Å². The fourth-order valence-corrected chi connectivity index (χ4v) is 4.92. The molecular formula is C26H25IN2O7S. The van der Waals surface area contributed by atoms with Crippen molar-refractivity contribution in [1.29, 1.82) is 0 Å². The third-order valence-corrected chi connectivity index (χ3v) is 6.76. The predicted octanol–water partition coefficient (Wildman–Crippen LogP) is 4.79. The zero-order valence-corrected chi connectivity index (χ0v) is 23.1. The number of hydrazone groups is 1. The van der Waals surface area contributed by atoms with E-state index in [1.54, 1.807) is 54.6 Å². The molecule has 0 aromatic heterocycles. The third-order valence-electron chi connectivity index (χ3n) is 4.72. The molecule has 3 aromatic carbocycles. The van der Waals surface area contributed by atoms with Crippen LogP contribution in [0.15, 0.2) is 83.3 Å². The first kappa shape index (κ1) is 28.0. The highest BCUT2D eigenvalue weighted by atomic mass is 127. The summed E-state index contributed by atoms with van der Waals surface area (Å²) in [4.78, 5) is 12.6. The largest absolute Gasteiger partial charge is 0.493 e. The molecule has 11 heteroatoms. The summed E-state index contributed by atoms with van der Waals surface area (Å²) in [6.45, 7) is 6.16. The lowest BCUT2D eigenvalue weighted by atomic mass is 10.2.